The molecule has 11 heteroatoms. The fraction of sp³-hybridized carbons (Fsp3) is 0.455. The highest BCUT2D eigenvalue weighted by Gasteiger charge is 2.31. The van der Waals surface area contributed by atoms with E-state index < -0.39 is 17.6 Å². The SMILES string of the molecule is O=C(CSc1ccc(N2CCC(C(=O)NC3CC3)CC2)nn1)Nc1cccc(C(F)(F)F)c1. The number of benzene rings is 1. The van der Waals surface area contributed by atoms with Gasteiger partial charge in [-0.05, 0) is 56.0 Å². The summed E-state index contributed by atoms with van der Waals surface area (Å²) in [4.78, 5) is 26.4. The molecular formula is C22H24F3N5O2S. The Morgan fingerprint density at radius 2 is 1.82 bits per heavy atom. The van der Waals surface area contributed by atoms with Crippen LogP contribution in [0.1, 0.15) is 31.2 Å². The lowest BCUT2D eigenvalue weighted by Gasteiger charge is -2.31. The van der Waals surface area contributed by atoms with Crippen LogP contribution in [0.5, 0.6) is 0 Å². The summed E-state index contributed by atoms with van der Waals surface area (Å²) in [5.74, 6) is 0.468. The first kappa shape index (κ1) is 23.3. The molecule has 2 aromatic rings. The van der Waals surface area contributed by atoms with Gasteiger partial charge in [0.05, 0.1) is 11.3 Å². The number of piperidine rings is 1. The molecule has 2 aliphatic rings. The molecule has 33 heavy (non-hydrogen) atoms. The number of alkyl halides is 3. The van der Waals surface area contributed by atoms with Crippen LogP contribution in [0, 0.1) is 5.92 Å². The van der Waals surface area contributed by atoms with Gasteiger partial charge in [0.15, 0.2) is 5.82 Å². The first-order chi connectivity index (χ1) is 15.8. The minimum absolute atomic E-state index is 0.00816. The van der Waals surface area contributed by atoms with Crippen molar-refractivity contribution in [1.82, 2.24) is 15.5 Å². The normalized spacial score (nSPS) is 17.0. The second-order valence-corrected chi connectivity index (χ2v) is 9.18. The van der Waals surface area contributed by atoms with Crippen molar-refractivity contribution in [2.24, 2.45) is 5.92 Å². The lowest BCUT2D eigenvalue weighted by atomic mass is 9.96. The van der Waals surface area contributed by atoms with Crippen LogP contribution in [-0.4, -0.2) is 46.9 Å². The Morgan fingerprint density at radius 3 is 2.45 bits per heavy atom. The highest BCUT2D eigenvalue weighted by Crippen LogP contribution is 2.31. The van der Waals surface area contributed by atoms with Crippen molar-refractivity contribution in [3.8, 4) is 0 Å². The lowest BCUT2D eigenvalue weighted by molar-refractivity contribution is -0.137. The average molecular weight is 480 g/mol. The molecule has 176 valence electrons. The molecule has 0 atom stereocenters. The molecule has 1 aliphatic heterocycles. The Morgan fingerprint density at radius 1 is 1.06 bits per heavy atom. The summed E-state index contributed by atoms with van der Waals surface area (Å²) in [7, 11) is 0. The van der Waals surface area contributed by atoms with E-state index in [4.69, 9.17) is 0 Å². The summed E-state index contributed by atoms with van der Waals surface area (Å²) >= 11 is 1.15. The minimum Gasteiger partial charge on any atom is -0.355 e. The number of halogens is 3. The molecular weight excluding hydrogens is 455 g/mol. The second kappa shape index (κ2) is 9.98. The molecule has 0 unspecified atom stereocenters. The van der Waals surface area contributed by atoms with E-state index in [1.165, 1.54) is 12.1 Å². The number of anilines is 2. The molecule has 1 saturated heterocycles. The molecule has 0 bridgehead atoms. The van der Waals surface area contributed by atoms with E-state index >= 15 is 0 Å². The topological polar surface area (TPSA) is 87.2 Å². The quantitative estimate of drug-likeness (QED) is 0.589. The van der Waals surface area contributed by atoms with E-state index in [2.05, 4.69) is 25.7 Å². The molecule has 4 rings (SSSR count). The van der Waals surface area contributed by atoms with Gasteiger partial charge < -0.3 is 15.5 Å². The second-order valence-electron chi connectivity index (χ2n) is 8.19. The van der Waals surface area contributed by atoms with Gasteiger partial charge in [-0.15, -0.1) is 10.2 Å². The summed E-state index contributed by atoms with van der Waals surface area (Å²) in [6.07, 6.45) is -0.765. The fourth-order valence-electron chi connectivity index (χ4n) is 3.59. The number of hydrogen-bond donors (Lipinski definition) is 2. The molecule has 2 fully saturated rings. The third-order valence-electron chi connectivity index (χ3n) is 5.56. The molecule has 1 aliphatic carbocycles. The Hall–Kier alpha value is -2.82. The summed E-state index contributed by atoms with van der Waals surface area (Å²) in [5, 5.41) is 14.4. The summed E-state index contributed by atoms with van der Waals surface area (Å²) in [5.41, 5.74) is -0.729. The highest BCUT2D eigenvalue weighted by atomic mass is 32.2. The van der Waals surface area contributed by atoms with Crippen molar-refractivity contribution in [3.63, 3.8) is 0 Å². The first-order valence-corrected chi connectivity index (χ1v) is 11.8. The Labute approximate surface area is 193 Å². The van der Waals surface area contributed by atoms with E-state index in [0.29, 0.717) is 16.9 Å². The largest absolute Gasteiger partial charge is 0.416 e. The maximum Gasteiger partial charge on any atom is 0.416 e. The molecule has 1 aromatic heterocycles. The third kappa shape index (κ3) is 6.59. The Bertz CT molecular complexity index is 990. The lowest BCUT2D eigenvalue weighted by Crippen LogP contribution is -2.41. The van der Waals surface area contributed by atoms with Gasteiger partial charge in [-0.1, -0.05) is 17.8 Å². The highest BCUT2D eigenvalue weighted by molar-refractivity contribution is 7.99. The monoisotopic (exact) mass is 479 g/mol. The maximum atomic E-state index is 12.8. The zero-order valence-electron chi connectivity index (χ0n) is 17.8. The predicted molar refractivity (Wildman–Crippen MR) is 119 cm³/mol. The molecule has 2 heterocycles. The van der Waals surface area contributed by atoms with Gasteiger partial charge in [0.25, 0.3) is 0 Å². The van der Waals surface area contributed by atoms with Gasteiger partial charge in [0.2, 0.25) is 11.8 Å². The number of thioether (sulfide) groups is 1. The van der Waals surface area contributed by atoms with Gasteiger partial charge in [0.1, 0.15) is 5.03 Å². The van der Waals surface area contributed by atoms with E-state index in [0.717, 1.165) is 62.7 Å². The smallest absolute Gasteiger partial charge is 0.355 e. The van der Waals surface area contributed by atoms with Crippen molar-refractivity contribution in [2.45, 2.75) is 42.9 Å². The number of aromatic nitrogens is 2. The fourth-order valence-corrected chi connectivity index (χ4v) is 4.20. The average Bonchev–Trinajstić information content (AvgIpc) is 3.62. The van der Waals surface area contributed by atoms with Crippen molar-refractivity contribution >= 4 is 35.1 Å². The zero-order chi connectivity index (χ0) is 23.4. The van der Waals surface area contributed by atoms with E-state index in [-0.39, 0.29) is 23.3 Å². The van der Waals surface area contributed by atoms with Gasteiger partial charge in [-0.3, -0.25) is 9.59 Å². The minimum atomic E-state index is -4.47. The molecule has 0 spiro atoms. The number of hydrogen-bond acceptors (Lipinski definition) is 6. The number of carbonyl (C=O) groups is 2. The molecule has 2 amide bonds. The van der Waals surface area contributed by atoms with Crippen molar-refractivity contribution in [3.05, 3.63) is 42.0 Å². The summed E-state index contributed by atoms with van der Waals surface area (Å²) < 4.78 is 38.4. The number of carbonyl (C=O) groups excluding carboxylic acids is 2. The molecule has 0 radical (unpaired) electrons. The number of rotatable bonds is 7. The Balaban J connectivity index is 1.23. The van der Waals surface area contributed by atoms with E-state index in [1.54, 1.807) is 6.07 Å². The van der Waals surface area contributed by atoms with Crippen LogP contribution in [0.4, 0.5) is 24.7 Å². The molecule has 1 aromatic carbocycles. The van der Waals surface area contributed by atoms with Crippen LogP contribution >= 0.6 is 11.8 Å². The van der Waals surface area contributed by atoms with Crippen LogP contribution in [0.15, 0.2) is 41.4 Å². The number of nitrogens with zero attached hydrogens (tertiary/aromatic N) is 3. The first-order valence-electron chi connectivity index (χ1n) is 10.8. The maximum absolute atomic E-state index is 12.8. The third-order valence-corrected chi connectivity index (χ3v) is 6.48. The standard InChI is InChI=1S/C22H24F3N5O2S/c23-22(24,25)15-2-1-3-17(12-15)26-19(31)13-33-20-7-6-18(28-29-20)30-10-8-14(9-11-30)21(32)27-16-4-5-16/h1-3,6-7,12,14,16H,4-5,8-11,13H2,(H,26,31)(H,27,32). The van der Waals surface area contributed by atoms with Gasteiger partial charge in [-0.2, -0.15) is 13.2 Å². The van der Waals surface area contributed by atoms with Crippen LogP contribution in [-0.2, 0) is 15.8 Å². The number of amides is 2. The van der Waals surface area contributed by atoms with Gasteiger partial charge in [-0.25, -0.2) is 0 Å². The van der Waals surface area contributed by atoms with E-state index in [1.807, 2.05) is 6.07 Å². The predicted octanol–water partition coefficient (Wildman–Crippen LogP) is 3.72. The van der Waals surface area contributed by atoms with Crippen molar-refractivity contribution in [2.75, 3.05) is 29.1 Å². The van der Waals surface area contributed by atoms with Crippen molar-refractivity contribution < 1.29 is 22.8 Å². The Kier molecular flexibility index (Phi) is 7.06. The van der Waals surface area contributed by atoms with Gasteiger partial charge >= 0.3 is 6.18 Å². The zero-order valence-corrected chi connectivity index (χ0v) is 18.6. The molecule has 7 nitrogen and oxygen atoms in total. The number of nitrogens with one attached hydrogen (secondary N) is 2. The molecule has 2 N–H and O–H groups in total. The molecule has 1 saturated carbocycles. The van der Waals surface area contributed by atoms with E-state index in [9.17, 15) is 22.8 Å². The van der Waals surface area contributed by atoms with Crippen LogP contribution in [0.25, 0.3) is 0 Å². The summed E-state index contributed by atoms with van der Waals surface area (Å²) in [6.45, 7) is 1.45. The van der Waals surface area contributed by atoms with Crippen LogP contribution in [0.2, 0.25) is 0 Å². The van der Waals surface area contributed by atoms with Crippen molar-refractivity contribution in [1.29, 1.82) is 0 Å². The summed E-state index contributed by atoms with van der Waals surface area (Å²) in [6, 6.07) is 8.46. The van der Waals surface area contributed by atoms with Crippen LogP contribution in [0.3, 0.4) is 0 Å². The van der Waals surface area contributed by atoms with Crippen LogP contribution < -0.4 is 15.5 Å². The van der Waals surface area contributed by atoms with Gasteiger partial charge in [0, 0.05) is 30.7 Å².